The maximum absolute atomic E-state index is 13.5. The summed E-state index contributed by atoms with van der Waals surface area (Å²) in [7, 11) is 1.40. The third-order valence-corrected chi connectivity index (χ3v) is 7.59. The number of ketones is 1. The van der Waals surface area contributed by atoms with E-state index in [1.54, 1.807) is 23.2 Å². The molecule has 0 aromatic heterocycles. The molecule has 0 spiro atoms. The van der Waals surface area contributed by atoms with Crippen LogP contribution in [0.5, 0.6) is 5.75 Å². The highest BCUT2D eigenvalue weighted by molar-refractivity contribution is 9.10. The normalized spacial score (nSPS) is 13.1. The van der Waals surface area contributed by atoms with E-state index in [0.29, 0.717) is 21.3 Å². The lowest BCUT2D eigenvalue weighted by Crippen LogP contribution is -2.41. The largest absolute Gasteiger partial charge is 0.496 e. The summed E-state index contributed by atoms with van der Waals surface area (Å²) in [5.41, 5.74) is 7.83. The molecule has 0 radical (unpaired) electrons. The number of carbonyl (C=O) groups excluding carboxylic acids is 2. The van der Waals surface area contributed by atoms with E-state index >= 15 is 0 Å². The Morgan fingerprint density at radius 1 is 1.05 bits per heavy atom. The molecular formula is C30H32BrN3O5. The van der Waals surface area contributed by atoms with Gasteiger partial charge in [-0.25, -0.2) is 4.79 Å². The zero-order valence-electron chi connectivity index (χ0n) is 22.3. The molecule has 39 heavy (non-hydrogen) atoms. The number of nitrogens with one attached hydrogen (secondary N) is 1. The third kappa shape index (κ3) is 6.42. The molecule has 3 aromatic rings. The molecule has 1 aliphatic rings. The van der Waals surface area contributed by atoms with Gasteiger partial charge in [-0.2, -0.15) is 0 Å². The van der Waals surface area contributed by atoms with Crippen LogP contribution in [0.3, 0.4) is 0 Å². The number of carbonyl (C=O) groups is 3. The molecule has 204 valence electrons. The summed E-state index contributed by atoms with van der Waals surface area (Å²) in [6.45, 7) is 5.40. The number of piperidine rings is 1. The van der Waals surface area contributed by atoms with Crippen molar-refractivity contribution in [3.05, 3.63) is 81.3 Å². The molecule has 1 aliphatic heterocycles. The number of aromatic carboxylic acids is 1. The van der Waals surface area contributed by atoms with Gasteiger partial charge in [0, 0.05) is 23.1 Å². The number of para-hydroxylation sites is 1. The minimum atomic E-state index is -1.12. The average Bonchev–Trinajstić information content (AvgIpc) is 2.93. The Balaban J connectivity index is 1.72. The summed E-state index contributed by atoms with van der Waals surface area (Å²) in [5, 5.41) is 11.2. The lowest BCUT2D eigenvalue weighted by atomic mass is 10.1. The molecule has 1 heterocycles. The van der Waals surface area contributed by atoms with Crippen molar-refractivity contribution in [3.8, 4) is 5.75 Å². The minimum Gasteiger partial charge on any atom is -0.496 e. The van der Waals surface area contributed by atoms with E-state index in [9.17, 15) is 19.5 Å². The number of hydrogen-bond acceptors (Lipinski definition) is 6. The first-order valence-electron chi connectivity index (χ1n) is 12.8. The number of ether oxygens (including phenoxy) is 1. The maximum atomic E-state index is 13.5. The van der Waals surface area contributed by atoms with Gasteiger partial charge in [-0.1, -0.05) is 28.1 Å². The van der Waals surface area contributed by atoms with Crippen molar-refractivity contribution in [2.45, 2.75) is 39.5 Å². The SMILES string of the molecule is COc1cc(CC(=O)NN(c2ccc(C(C)=O)cc2)c2c(C)cccc2N2CCCCC2)c(Br)cc1C(=O)O. The van der Waals surface area contributed by atoms with Crippen molar-refractivity contribution in [3.63, 3.8) is 0 Å². The summed E-state index contributed by atoms with van der Waals surface area (Å²) in [6, 6.07) is 16.3. The van der Waals surface area contributed by atoms with Crippen LogP contribution in [0.15, 0.2) is 59.1 Å². The standard InChI is InChI=1S/C30H32BrN3O5/c1-19-8-7-9-26(33-14-5-4-6-15-33)29(19)34(23-12-10-21(11-13-23)20(2)35)32-28(36)17-22-16-27(39-3)24(30(37)38)18-25(22)31/h7-13,16,18H,4-6,14-15,17H2,1-3H3,(H,32,36)(H,37,38). The number of methoxy groups -OCH3 is 1. The highest BCUT2D eigenvalue weighted by atomic mass is 79.9. The number of anilines is 3. The zero-order valence-corrected chi connectivity index (χ0v) is 23.9. The number of hydrogen-bond donors (Lipinski definition) is 2. The number of carboxylic acid groups (broad SMARTS) is 1. The number of benzene rings is 3. The summed E-state index contributed by atoms with van der Waals surface area (Å²) in [4.78, 5) is 39.3. The van der Waals surface area contributed by atoms with Crippen molar-refractivity contribution < 1.29 is 24.2 Å². The Morgan fingerprint density at radius 3 is 2.36 bits per heavy atom. The summed E-state index contributed by atoms with van der Waals surface area (Å²) in [6.07, 6.45) is 3.39. The molecule has 9 heteroatoms. The fraction of sp³-hybridized carbons (Fsp3) is 0.300. The molecule has 0 unspecified atom stereocenters. The number of nitrogens with zero attached hydrogens (tertiary/aromatic N) is 2. The molecule has 0 aliphatic carbocycles. The van der Waals surface area contributed by atoms with E-state index in [0.717, 1.165) is 42.9 Å². The van der Waals surface area contributed by atoms with Crippen LogP contribution in [0.25, 0.3) is 0 Å². The Bertz CT molecular complexity index is 1380. The van der Waals surface area contributed by atoms with Gasteiger partial charge in [0.25, 0.3) is 0 Å². The Labute approximate surface area is 236 Å². The smallest absolute Gasteiger partial charge is 0.339 e. The van der Waals surface area contributed by atoms with Crippen molar-refractivity contribution in [1.82, 2.24) is 5.43 Å². The van der Waals surface area contributed by atoms with Crippen LogP contribution in [-0.4, -0.2) is 43.0 Å². The quantitative estimate of drug-likeness (QED) is 0.229. The van der Waals surface area contributed by atoms with Gasteiger partial charge in [-0.15, -0.1) is 0 Å². The predicted octanol–water partition coefficient (Wildman–Crippen LogP) is 6.07. The topological polar surface area (TPSA) is 99.2 Å². The second-order valence-electron chi connectivity index (χ2n) is 9.59. The third-order valence-electron chi connectivity index (χ3n) is 6.86. The highest BCUT2D eigenvalue weighted by Gasteiger charge is 2.24. The molecule has 0 atom stereocenters. The Kier molecular flexibility index (Phi) is 8.91. The van der Waals surface area contributed by atoms with E-state index in [-0.39, 0.29) is 29.4 Å². The second kappa shape index (κ2) is 12.3. The van der Waals surface area contributed by atoms with E-state index < -0.39 is 5.97 Å². The highest BCUT2D eigenvalue weighted by Crippen LogP contribution is 2.38. The molecule has 8 nitrogen and oxygen atoms in total. The average molecular weight is 595 g/mol. The van der Waals surface area contributed by atoms with Gasteiger partial charge in [-0.3, -0.25) is 20.0 Å². The van der Waals surface area contributed by atoms with Crippen molar-refractivity contribution in [2.75, 3.05) is 30.1 Å². The predicted molar refractivity (Wildman–Crippen MR) is 155 cm³/mol. The molecular weight excluding hydrogens is 562 g/mol. The first-order valence-corrected chi connectivity index (χ1v) is 13.6. The summed E-state index contributed by atoms with van der Waals surface area (Å²) >= 11 is 3.41. The Hall–Kier alpha value is -3.85. The van der Waals surface area contributed by atoms with Crippen LogP contribution in [0.1, 0.15) is 58.0 Å². The van der Waals surface area contributed by atoms with E-state index in [1.807, 2.05) is 31.2 Å². The number of carboxylic acids is 1. The molecule has 1 fully saturated rings. The van der Waals surface area contributed by atoms with Gasteiger partial charge < -0.3 is 14.7 Å². The fourth-order valence-corrected chi connectivity index (χ4v) is 5.31. The van der Waals surface area contributed by atoms with Gasteiger partial charge in [0.05, 0.1) is 30.6 Å². The van der Waals surface area contributed by atoms with Crippen molar-refractivity contribution >= 4 is 50.7 Å². The van der Waals surface area contributed by atoms with Crippen LogP contribution in [0.4, 0.5) is 17.1 Å². The monoisotopic (exact) mass is 593 g/mol. The number of hydrazine groups is 1. The van der Waals surface area contributed by atoms with Crippen LogP contribution in [0.2, 0.25) is 0 Å². The lowest BCUT2D eigenvalue weighted by molar-refractivity contribution is -0.120. The van der Waals surface area contributed by atoms with Gasteiger partial charge in [0.2, 0.25) is 5.91 Å². The molecule has 0 saturated carbocycles. The number of halogens is 1. The summed E-state index contributed by atoms with van der Waals surface area (Å²) in [5.74, 6) is -1.28. The van der Waals surface area contributed by atoms with Crippen LogP contribution in [0, 0.1) is 6.92 Å². The van der Waals surface area contributed by atoms with Gasteiger partial charge in [-0.05, 0) is 86.7 Å². The minimum absolute atomic E-state index is 0.00630. The van der Waals surface area contributed by atoms with E-state index in [2.05, 4.69) is 32.3 Å². The molecule has 4 rings (SSSR count). The molecule has 3 aromatic carbocycles. The van der Waals surface area contributed by atoms with Gasteiger partial charge in [0.1, 0.15) is 11.3 Å². The lowest BCUT2D eigenvalue weighted by Gasteiger charge is -2.35. The number of amides is 1. The van der Waals surface area contributed by atoms with Gasteiger partial charge >= 0.3 is 5.97 Å². The zero-order chi connectivity index (χ0) is 28.1. The second-order valence-corrected chi connectivity index (χ2v) is 10.4. The van der Waals surface area contributed by atoms with E-state index in [1.165, 1.54) is 26.5 Å². The number of aryl methyl sites for hydroxylation is 1. The van der Waals surface area contributed by atoms with Crippen molar-refractivity contribution in [2.24, 2.45) is 0 Å². The molecule has 0 bridgehead atoms. The Morgan fingerprint density at radius 2 is 1.74 bits per heavy atom. The first-order chi connectivity index (χ1) is 18.7. The molecule has 2 N–H and O–H groups in total. The summed E-state index contributed by atoms with van der Waals surface area (Å²) < 4.78 is 5.75. The number of Topliss-reactive ketones (excluding diaryl/α,β-unsaturated/α-hetero) is 1. The fourth-order valence-electron chi connectivity index (χ4n) is 4.82. The van der Waals surface area contributed by atoms with Crippen LogP contribution < -0.4 is 20.1 Å². The van der Waals surface area contributed by atoms with Crippen molar-refractivity contribution in [1.29, 1.82) is 0 Å². The maximum Gasteiger partial charge on any atom is 0.339 e. The van der Waals surface area contributed by atoms with E-state index in [4.69, 9.17) is 4.74 Å². The molecule has 1 saturated heterocycles. The van der Waals surface area contributed by atoms with Crippen LogP contribution >= 0.6 is 15.9 Å². The molecule has 1 amide bonds. The first kappa shape index (κ1) is 28.2. The van der Waals surface area contributed by atoms with Gasteiger partial charge in [0.15, 0.2) is 5.78 Å². The van der Waals surface area contributed by atoms with Crippen LogP contribution in [-0.2, 0) is 11.2 Å². The number of rotatable bonds is 9.